The quantitative estimate of drug-likeness (QED) is 0.820. The van der Waals surface area contributed by atoms with Gasteiger partial charge in [0.25, 0.3) is 0 Å². The predicted molar refractivity (Wildman–Crippen MR) is 54.6 cm³/mol. The van der Waals surface area contributed by atoms with E-state index in [-0.39, 0.29) is 5.69 Å². The van der Waals surface area contributed by atoms with Gasteiger partial charge in [-0.15, -0.1) is 0 Å². The maximum absolute atomic E-state index is 10.8. The molecular formula is C9H7ClN2O3. The Morgan fingerprint density at radius 1 is 1.60 bits per heavy atom. The van der Waals surface area contributed by atoms with Gasteiger partial charge >= 0.3 is 5.97 Å². The Morgan fingerprint density at radius 2 is 2.33 bits per heavy atom. The largest absolute Gasteiger partial charge is 0.495 e. The van der Waals surface area contributed by atoms with Gasteiger partial charge in [0.05, 0.1) is 17.6 Å². The molecule has 0 amide bonds. The van der Waals surface area contributed by atoms with Crippen molar-refractivity contribution in [1.29, 1.82) is 0 Å². The molecule has 78 valence electrons. The standard InChI is InChI=1S/C9H7ClN2O3/c1-15-7-2-4-6(3-5(7)10)11-12-8(4)9(13)14/h2-3H,1H3,(H,11,12)(H,13,14). The number of nitrogens with one attached hydrogen (secondary N) is 1. The van der Waals surface area contributed by atoms with E-state index in [9.17, 15) is 4.79 Å². The second-order valence-corrected chi connectivity index (χ2v) is 3.32. The molecule has 5 nitrogen and oxygen atoms in total. The number of aromatic amines is 1. The molecule has 2 aromatic rings. The Hall–Kier alpha value is -1.75. The van der Waals surface area contributed by atoms with E-state index in [1.807, 2.05) is 0 Å². The van der Waals surface area contributed by atoms with Crippen LogP contribution >= 0.6 is 11.6 Å². The van der Waals surface area contributed by atoms with Crippen LogP contribution in [0.4, 0.5) is 0 Å². The third kappa shape index (κ3) is 1.50. The smallest absolute Gasteiger partial charge is 0.357 e. The van der Waals surface area contributed by atoms with Gasteiger partial charge in [-0.05, 0) is 12.1 Å². The summed E-state index contributed by atoms with van der Waals surface area (Å²) in [6, 6.07) is 3.12. The fourth-order valence-electron chi connectivity index (χ4n) is 1.34. The van der Waals surface area contributed by atoms with Crippen molar-refractivity contribution in [3.05, 3.63) is 22.8 Å². The number of carboxylic acids is 1. The average Bonchev–Trinajstić information content (AvgIpc) is 2.59. The molecule has 0 saturated carbocycles. The van der Waals surface area contributed by atoms with Gasteiger partial charge in [-0.2, -0.15) is 5.10 Å². The minimum absolute atomic E-state index is 0.0417. The topological polar surface area (TPSA) is 75.2 Å². The zero-order valence-electron chi connectivity index (χ0n) is 7.74. The van der Waals surface area contributed by atoms with Crippen molar-refractivity contribution in [3.63, 3.8) is 0 Å². The van der Waals surface area contributed by atoms with Crippen LogP contribution in [0.5, 0.6) is 5.75 Å². The number of carboxylic acid groups (broad SMARTS) is 1. The molecule has 6 heteroatoms. The molecule has 0 saturated heterocycles. The highest BCUT2D eigenvalue weighted by atomic mass is 35.5. The van der Waals surface area contributed by atoms with Crippen LogP contribution in [-0.4, -0.2) is 28.4 Å². The molecule has 0 aliphatic rings. The first-order chi connectivity index (χ1) is 7.13. The second-order valence-electron chi connectivity index (χ2n) is 2.91. The van der Waals surface area contributed by atoms with Gasteiger partial charge in [0, 0.05) is 5.39 Å². The zero-order chi connectivity index (χ0) is 11.0. The molecule has 0 atom stereocenters. The molecule has 0 aliphatic heterocycles. The molecule has 0 radical (unpaired) electrons. The van der Waals surface area contributed by atoms with Gasteiger partial charge in [0.15, 0.2) is 5.69 Å². The first kappa shape index (κ1) is 9.79. The van der Waals surface area contributed by atoms with Crippen LogP contribution in [-0.2, 0) is 0 Å². The summed E-state index contributed by atoms with van der Waals surface area (Å²) in [6.07, 6.45) is 0. The number of aromatic nitrogens is 2. The summed E-state index contributed by atoms with van der Waals surface area (Å²) in [5.41, 5.74) is 0.526. The summed E-state index contributed by atoms with van der Waals surface area (Å²) >= 11 is 5.87. The lowest BCUT2D eigenvalue weighted by Crippen LogP contribution is -1.96. The fraction of sp³-hybridized carbons (Fsp3) is 0.111. The van der Waals surface area contributed by atoms with E-state index >= 15 is 0 Å². The summed E-state index contributed by atoms with van der Waals surface area (Å²) in [5.74, 6) is -0.668. The number of rotatable bonds is 2. The first-order valence-electron chi connectivity index (χ1n) is 4.08. The summed E-state index contributed by atoms with van der Waals surface area (Å²) in [4.78, 5) is 10.8. The molecule has 1 aromatic carbocycles. The summed E-state index contributed by atoms with van der Waals surface area (Å²) in [5, 5.41) is 16.0. The van der Waals surface area contributed by atoms with E-state index < -0.39 is 5.97 Å². The minimum atomic E-state index is -1.09. The van der Waals surface area contributed by atoms with E-state index in [1.165, 1.54) is 7.11 Å². The van der Waals surface area contributed by atoms with Gasteiger partial charge in [-0.25, -0.2) is 4.79 Å². The van der Waals surface area contributed by atoms with E-state index in [1.54, 1.807) is 12.1 Å². The van der Waals surface area contributed by atoms with Crippen LogP contribution in [0, 0.1) is 0 Å². The summed E-state index contributed by atoms with van der Waals surface area (Å²) in [7, 11) is 1.47. The Morgan fingerprint density at radius 3 is 2.93 bits per heavy atom. The van der Waals surface area contributed by atoms with Crippen LogP contribution in [0.1, 0.15) is 10.5 Å². The summed E-state index contributed by atoms with van der Waals surface area (Å²) in [6.45, 7) is 0. The van der Waals surface area contributed by atoms with Crippen molar-refractivity contribution in [2.24, 2.45) is 0 Å². The Bertz CT molecular complexity index is 535. The van der Waals surface area contributed by atoms with Crippen LogP contribution < -0.4 is 4.74 Å². The van der Waals surface area contributed by atoms with Crippen molar-refractivity contribution in [2.45, 2.75) is 0 Å². The lowest BCUT2D eigenvalue weighted by molar-refractivity contribution is 0.0692. The molecule has 0 bridgehead atoms. The van der Waals surface area contributed by atoms with Gasteiger partial charge in [0.1, 0.15) is 5.75 Å². The monoisotopic (exact) mass is 226 g/mol. The second kappa shape index (κ2) is 3.43. The molecular weight excluding hydrogens is 220 g/mol. The highest BCUT2D eigenvalue weighted by molar-refractivity contribution is 6.33. The minimum Gasteiger partial charge on any atom is -0.495 e. The third-order valence-corrected chi connectivity index (χ3v) is 2.33. The predicted octanol–water partition coefficient (Wildman–Crippen LogP) is 1.92. The Labute approximate surface area is 89.6 Å². The highest BCUT2D eigenvalue weighted by Gasteiger charge is 2.14. The third-order valence-electron chi connectivity index (χ3n) is 2.04. The van der Waals surface area contributed by atoms with E-state index in [4.69, 9.17) is 21.4 Å². The molecule has 0 aliphatic carbocycles. The molecule has 1 aromatic heterocycles. The molecule has 0 unspecified atom stereocenters. The van der Waals surface area contributed by atoms with Crippen LogP contribution in [0.2, 0.25) is 5.02 Å². The average molecular weight is 227 g/mol. The molecule has 15 heavy (non-hydrogen) atoms. The van der Waals surface area contributed by atoms with Crippen molar-refractivity contribution in [3.8, 4) is 5.75 Å². The number of fused-ring (bicyclic) bond motifs is 1. The van der Waals surface area contributed by atoms with Gasteiger partial charge in [-0.1, -0.05) is 11.6 Å². The number of methoxy groups -OCH3 is 1. The number of hydrogen-bond acceptors (Lipinski definition) is 3. The van der Waals surface area contributed by atoms with Gasteiger partial charge < -0.3 is 9.84 Å². The van der Waals surface area contributed by atoms with E-state index in [0.29, 0.717) is 21.7 Å². The van der Waals surface area contributed by atoms with Crippen LogP contribution in [0.15, 0.2) is 12.1 Å². The van der Waals surface area contributed by atoms with E-state index in [0.717, 1.165) is 0 Å². The van der Waals surface area contributed by atoms with Crippen molar-refractivity contribution >= 4 is 28.5 Å². The number of aromatic carboxylic acids is 1. The first-order valence-corrected chi connectivity index (χ1v) is 4.46. The number of halogens is 1. The number of nitrogens with zero attached hydrogens (tertiary/aromatic N) is 1. The number of benzene rings is 1. The van der Waals surface area contributed by atoms with Crippen LogP contribution in [0.3, 0.4) is 0 Å². The number of hydrogen-bond donors (Lipinski definition) is 2. The maximum Gasteiger partial charge on any atom is 0.357 e. The maximum atomic E-state index is 10.8. The van der Waals surface area contributed by atoms with Crippen molar-refractivity contribution in [2.75, 3.05) is 7.11 Å². The molecule has 2 rings (SSSR count). The van der Waals surface area contributed by atoms with Gasteiger partial charge in [0.2, 0.25) is 0 Å². The lowest BCUT2D eigenvalue weighted by Gasteiger charge is -2.02. The lowest BCUT2D eigenvalue weighted by atomic mass is 10.2. The number of H-pyrrole nitrogens is 1. The molecule has 1 heterocycles. The Balaban J connectivity index is 2.74. The van der Waals surface area contributed by atoms with Crippen molar-refractivity contribution < 1.29 is 14.6 Å². The summed E-state index contributed by atoms with van der Waals surface area (Å²) < 4.78 is 4.99. The van der Waals surface area contributed by atoms with Crippen molar-refractivity contribution in [1.82, 2.24) is 10.2 Å². The number of carbonyl (C=O) groups is 1. The zero-order valence-corrected chi connectivity index (χ0v) is 8.50. The van der Waals surface area contributed by atoms with E-state index in [2.05, 4.69) is 10.2 Å². The van der Waals surface area contributed by atoms with Crippen LogP contribution in [0.25, 0.3) is 10.9 Å². The molecule has 2 N–H and O–H groups in total. The molecule has 0 spiro atoms. The number of ether oxygens (including phenoxy) is 1. The Kier molecular flexibility index (Phi) is 2.24. The fourth-order valence-corrected chi connectivity index (χ4v) is 1.58. The normalized spacial score (nSPS) is 10.5. The molecule has 0 fully saturated rings. The van der Waals surface area contributed by atoms with Gasteiger partial charge in [-0.3, -0.25) is 5.10 Å². The SMILES string of the molecule is COc1cc2c(C(=O)O)n[nH]c2cc1Cl. The highest BCUT2D eigenvalue weighted by Crippen LogP contribution is 2.30.